The minimum atomic E-state index is 0.0165. The lowest BCUT2D eigenvalue weighted by molar-refractivity contribution is 0.0690. The average Bonchev–Trinajstić information content (AvgIpc) is 2.68. The maximum atomic E-state index is 12.6. The second kappa shape index (κ2) is 7.96. The van der Waals surface area contributed by atoms with Crippen LogP contribution in [0.1, 0.15) is 39.9 Å². The van der Waals surface area contributed by atoms with Crippen molar-refractivity contribution in [3.63, 3.8) is 0 Å². The topological polar surface area (TPSA) is 64.3 Å². The van der Waals surface area contributed by atoms with Crippen molar-refractivity contribution in [2.75, 3.05) is 13.1 Å². The van der Waals surface area contributed by atoms with E-state index in [0.29, 0.717) is 17.0 Å². The summed E-state index contributed by atoms with van der Waals surface area (Å²) in [5, 5.41) is 18.1. The Kier molecular flexibility index (Phi) is 5.47. The summed E-state index contributed by atoms with van der Waals surface area (Å²) in [5.74, 6) is 0.595. The summed E-state index contributed by atoms with van der Waals surface area (Å²) in [7, 11) is 0. The van der Waals surface area contributed by atoms with Crippen LogP contribution in [0.4, 0.5) is 0 Å². The third-order valence-corrected chi connectivity index (χ3v) is 4.87. The SMILES string of the molecule is N#Cc1cccc(C(=O)N2CCC(Cc3ccc(CO)cc3)CC2)c1. The Balaban J connectivity index is 1.55. The lowest BCUT2D eigenvalue weighted by Gasteiger charge is -2.32. The molecule has 2 aromatic carbocycles. The van der Waals surface area contributed by atoms with Crippen LogP contribution in [0.25, 0.3) is 0 Å². The van der Waals surface area contributed by atoms with Crippen LogP contribution >= 0.6 is 0 Å². The Hall–Kier alpha value is -2.64. The van der Waals surface area contributed by atoms with Crippen molar-refractivity contribution in [2.24, 2.45) is 5.92 Å². The lowest BCUT2D eigenvalue weighted by atomic mass is 9.89. The van der Waals surface area contributed by atoms with Crippen LogP contribution < -0.4 is 0 Å². The van der Waals surface area contributed by atoms with Gasteiger partial charge in [0.05, 0.1) is 18.2 Å². The largest absolute Gasteiger partial charge is 0.392 e. The third kappa shape index (κ3) is 4.26. The normalized spacial score (nSPS) is 15.0. The first-order valence-electron chi connectivity index (χ1n) is 8.67. The fourth-order valence-electron chi connectivity index (χ4n) is 3.36. The number of carbonyl (C=O) groups is 1. The van der Waals surface area contributed by atoms with Gasteiger partial charge in [-0.2, -0.15) is 5.26 Å². The van der Waals surface area contributed by atoms with Crippen LogP contribution in [0, 0.1) is 17.2 Å². The first-order valence-corrected chi connectivity index (χ1v) is 8.67. The molecule has 25 heavy (non-hydrogen) atoms. The monoisotopic (exact) mass is 334 g/mol. The zero-order chi connectivity index (χ0) is 17.6. The number of benzene rings is 2. The van der Waals surface area contributed by atoms with Gasteiger partial charge in [-0.15, -0.1) is 0 Å². The fourth-order valence-corrected chi connectivity index (χ4v) is 3.36. The Bertz CT molecular complexity index is 769. The second-order valence-corrected chi connectivity index (χ2v) is 6.61. The number of hydrogen-bond donors (Lipinski definition) is 1. The van der Waals surface area contributed by atoms with Crippen LogP contribution in [-0.4, -0.2) is 29.0 Å². The van der Waals surface area contributed by atoms with Crippen LogP contribution in [0.15, 0.2) is 48.5 Å². The predicted octanol–water partition coefficient (Wildman–Crippen LogP) is 3.15. The van der Waals surface area contributed by atoms with E-state index in [2.05, 4.69) is 18.2 Å². The van der Waals surface area contributed by atoms with Crippen LogP contribution in [0.5, 0.6) is 0 Å². The third-order valence-electron chi connectivity index (χ3n) is 4.87. The van der Waals surface area contributed by atoms with E-state index >= 15 is 0 Å². The molecule has 1 heterocycles. The first-order chi connectivity index (χ1) is 12.2. The molecule has 128 valence electrons. The molecule has 1 aliphatic heterocycles. The van der Waals surface area contributed by atoms with E-state index in [1.807, 2.05) is 17.0 Å². The van der Waals surface area contributed by atoms with Crippen LogP contribution in [0.3, 0.4) is 0 Å². The number of aliphatic hydroxyl groups excluding tert-OH is 1. The van der Waals surface area contributed by atoms with E-state index in [0.717, 1.165) is 37.9 Å². The van der Waals surface area contributed by atoms with Crippen molar-refractivity contribution in [1.29, 1.82) is 5.26 Å². The number of nitriles is 1. The standard InChI is InChI=1S/C21H22N2O2/c22-14-19-2-1-3-20(13-19)21(25)23-10-8-17(9-11-23)12-16-4-6-18(15-24)7-5-16/h1-7,13,17,24H,8-12,15H2. The molecule has 0 atom stereocenters. The summed E-state index contributed by atoms with van der Waals surface area (Å²) in [6, 6.07) is 17.1. The molecule has 1 saturated heterocycles. The van der Waals surface area contributed by atoms with Gasteiger partial charge in [0.1, 0.15) is 0 Å². The predicted molar refractivity (Wildman–Crippen MR) is 95.9 cm³/mol. The van der Waals surface area contributed by atoms with E-state index in [1.165, 1.54) is 5.56 Å². The summed E-state index contributed by atoms with van der Waals surface area (Å²) in [6.45, 7) is 1.60. The van der Waals surface area contributed by atoms with E-state index < -0.39 is 0 Å². The summed E-state index contributed by atoms with van der Waals surface area (Å²) in [4.78, 5) is 14.5. The van der Waals surface area contributed by atoms with Gasteiger partial charge in [0.25, 0.3) is 5.91 Å². The van der Waals surface area contributed by atoms with E-state index in [9.17, 15) is 4.79 Å². The molecule has 1 N–H and O–H groups in total. The molecule has 0 saturated carbocycles. The number of likely N-dealkylation sites (tertiary alicyclic amines) is 1. The smallest absolute Gasteiger partial charge is 0.253 e. The molecule has 0 aliphatic carbocycles. The van der Waals surface area contributed by atoms with E-state index in [-0.39, 0.29) is 12.5 Å². The zero-order valence-electron chi connectivity index (χ0n) is 14.2. The molecule has 0 spiro atoms. The molecule has 1 aliphatic rings. The minimum absolute atomic E-state index is 0.0165. The first kappa shape index (κ1) is 17.2. The van der Waals surface area contributed by atoms with E-state index in [1.54, 1.807) is 24.3 Å². The Morgan fingerprint density at radius 2 is 1.80 bits per heavy atom. The van der Waals surface area contributed by atoms with Crippen molar-refractivity contribution < 1.29 is 9.90 Å². The Labute approximate surface area is 148 Å². The summed E-state index contributed by atoms with van der Waals surface area (Å²) >= 11 is 0. The second-order valence-electron chi connectivity index (χ2n) is 6.61. The molecule has 4 nitrogen and oxygen atoms in total. The molecule has 2 aromatic rings. The Morgan fingerprint density at radius 1 is 1.12 bits per heavy atom. The quantitative estimate of drug-likeness (QED) is 0.934. The number of hydrogen-bond acceptors (Lipinski definition) is 3. The lowest BCUT2D eigenvalue weighted by Crippen LogP contribution is -2.38. The maximum Gasteiger partial charge on any atom is 0.253 e. The molecular formula is C21H22N2O2. The highest BCUT2D eigenvalue weighted by Crippen LogP contribution is 2.23. The van der Waals surface area contributed by atoms with Gasteiger partial charge < -0.3 is 10.0 Å². The number of carbonyl (C=O) groups excluding carboxylic acids is 1. The summed E-state index contributed by atoms with van der Waals surface area (Å²) in [5.41, 5.74) is 3.33. The highest BCUT2D eigenvalue weighted by atomic mass is 16.3. The number of nitrogens with zero attached hydrogens (tertiary/aromatic N) is 2. The van der Waals surface area contributed by atoms with Crippen molar-refractivity contribution in [1.82, 2.24) is 4.90 Å². The number of aliphatic hydroxyl groups is 1. The molecule has 3 rings (SSSR count). The van der Waals surface area contributed by atoms with Crippen molar-refractivity contribution in [2.45, 2.75) is 25.9 Å². The molecule has 1 amide bonds. The van der Waals surface area contributed by atoms with Crippen molar-refractivity contribution in [3.8, 4) is 6.07 Å². The van der Waals surface area contributed by atoms with E-state index in [4.69, 9.17) is 10.4 Å². The minimum Gasteiger partial charge on any atom is -0.392 e. The van der Waals surface area contributed by atoms with Gasteiger partial charge in [0.2, 0.25) is 0 Å². The molecule has 0 radical (unpaired) electrons. The average molecular weight is 334 g/mol. The number of rotatable bonds is 4. The van der Waals surface area contributed by atoms with Crippen LogP contribution in [-0.2, 0) is 13.0 Å². The number of amides is 1. The highest BCUT2D eigenvalue weighted by molar-refractivity contribution is 5.94. The summed E-state index contributed by atoms with van der Waals surface area (Å²) < 4.78 is 0. The van der Waals surface area contributed by atoms with Gasteiger partial charge in [0, 0.05) is 18.7 Å². The molecule has 1 fully saturated rings. The van der Waals surface area contributed by atoms with Crippen LogP contribution in [0.2, 0.25) is 0 Å². The number of piperidine rings is 1. The molecular weight excluding hydrogens is 312 g/mol. The van der Waals surface area contributed by atoms with Crippen molar-refractivity contribution >= 4 is 5.91 Å². The highest BCUT2D eigenvalue weighted by Gasteiger charge is 2.23. The summed E-state index contributed by atoms with van der Waals surface area (Å²) in [6.07, 6.45) is 2.99. The van der Waals surface area contributed by atoms with Crippen molar-refractivity contribution in [3.05, 3.63) is 70.8 Å². The van der Waals surface area contributed by atoms with Gasteiger partial charge >= 0.3 is 0 Å². The Morgan fingerprint density at radius 3 is 2.44 bits per heavy atom. The van der Waals surface area contributed by atoms with Gasteiger partial charge in [0.15, 0.2) is 0 Å². The van der Waals surface area contributed by atoms with Gasteiger partial charge in [-0.05, 0) is 54.5 Å². The molecule has 4 heteroatoms. The molecule has 0 aromatic heterocycles. The van der Waals surface area contributed by atoms with Gasteiger partial charge in [-0.3, -0.25) is 4.79 Å². The van der Waals surface area contributed by atoms with Gasteiger partial charge in [-0.1, -0.05) is 30.3 Å². The molecule has 0 unspecified atom stereocenters. The zero-order valence-corrected chi connectivity index (χ0v) is 14.2. The van der Waals surface area contributed by atoms with Gasteiger partial charge in [-0.25, -0.2) is 0 Å². The molecule has 0 bridgehead atoms. The maximum absolute atomic E-state index is 12.6. The fraction of sp³-hybridized carbons (Fsp3) is 0.333.